The molecule has 1 aliphatic rings. The summed E-state index contributed by atoms with van der Waals surface area (Å²) in [6.07, 6.45) is 6.32. The lowest BCUT2D eigenvalue weighted by molar-refractivity contribution is -0.390. The van der Waals surface area contributed by atoms with Crippen LogP contribution >= 0.6 is 11.3 Å². The summed E-state index contributed by atoms with van der Waals surface area (Å²) in [5.74, 6) is -0.993. The van der Waals surface area contributed by atoms with Crippen LogP contribution < -0.4 is 10.1 Å². The monoisotopic (exact) mass is 372 g/mol. The lowest BCUT2D eigenvalue weighted by Crippen LogP contribution is -2.20. The summed E-state index contributed by atoms with van der Waals surface area (Å²) in [5.41, 5.74) is 1.56. The van der Waals surface area contributed by atoms with E-state index in [0.717, 1.165) is 42.5 Å². The Balaban J connectivity index is 1.70. The molecule has 0 saturated carbocycles. The first kappa shape index (κ1) is 17.8. The van der Waals surface area contributed by atoms with Gasteiger partial charge in [0.2, 0.25) is 5.75 Å². The van der Waals surface area contributed by atoms with Gasteiger partial charge in [-0.1, -0.05) is 6.42 Å². The third-order valence-corrected chi connectivity index (χ3v) is 5.28. The van der Waals surface area contributed by atoms with Crippen LogP contribution in [0.1, 0.15) is 35.3 Å². The molecule has 2 aromatic heterocycles. The molecule has 1 N–H and O–H groups in total. The number of nitrogens with one attached hydrogen (secondary N) is 1. The van der Waals surface area contributed by atoms with Crippen LogP contribution in [0, 0.1) is 21.4 Å². The van der Waals surface area contributed by atoms with Crippen LogP contribution in [0.5, 0.6) is 5.75 Å². The van der Waals surface area contributed by atoms with Gasteiger partial charge in [0.05, 0.1) is 5.56 Å². The number of fused-ring (bicyclic) bond motifs is 1. The van der Waals surface area contributed by atoms with Crippen molar-refractivity contribution in [3.63, 3.8) is 0 Å². The minimum absolute atomic E-state index is 0.0740. The van der Waals surface area contributed by atoms with Gasteiger partial charge < -0.3 is 20.2 Å². The molecule has 0 atom stereocenters. The molecule has 0 radical (unpaired) electrons. The molecule has 134 valence electrons. The molecule has 0 aromatic carbocycles. The van der Waals surface area contributed by atoms with Crippen molar-refractivity contribution in [1.82, 2.24) is 4.98 Å². The van der Waals surface area contributed by atoms with Crippen LogP contribution in [0.15, 0.2) is 18.3 Å². The number of nitriles is 1. The summed E-state index contributed by atoms with van der Waals surface area (Å²) in [6.45, 7) is -0.403. The predicted molar refractivity (Wildman–Crippen MR) is 95.3 cm³/mol. The van der Waals surface area contributed by atoms with Crippen molar-refractivity contribution in [2.75, 3.05) is 11.9 Å². The highest BCUT2D eigenvalue weighted by Gasteiger charge is 2.22. The third-order valence-electron chi connectivity index (χ3n) is 4.07. The van der Waals surface area contributed by atoms with Gasteiger partial charge in [0.25, 0.3) is 5.91 Å². The Morgan fingerprint density at radius 3 is 3.00 bits per heavy atom. The van der Waals surface area contributed by atoms with Gasteiger partial charge in [-0.15, -0.1) is 11.3 Å². The molecule has 0 bridgehead atoms. The van der Waals surface area contributed by atoms with E-state index in [-0.39, 0.29) is 5.75 Å². The second-order valence-electron chi connectivity index (χ2n) is 5.80. The number of hydrogen-bond acceptors (Lipinski definition) is 7. The van der Waals surface area contributed by atoms with Gasteiger partial charge in [-0.3, -0.25) is 4.79 Å². The molecule has 9 heteroatoms. The molecule has 1 aliphatic carbocycles. The Morgan fingerprint density at radius 1 is 1.42 bits per heavy atom. The van der Waals surface area contributed by atoms with E-state index in [9.17, 15) is 20.2 Å². The van der Waals surface area contributed by atoms with E-state index in [2.05, 4.69) is 16.4 Å². The molecule has 0 spiro atoms. The topological polar surface area (TPSA) is 118 Å². The zero-order valence-corrected chi connectivity index (χ0v) is 14.7. The Labute approximate surface area is 153 Å². The number of ether oxygens (including phenoxy) is 1. The fourth-order valence-corrected chi connectivity index (χ4v) is 4.14. The van der Waals surface area contributed by atoms with E-state index in [1.54, 1.807) is 0 Å². The fourth-order valence-electron chi connectivity index (χ4n) is 2.89. The van der Waals surface area contributed by atoms with E-state index in [1.165, 1.54) is 29.7 Å². The Hall–Kier alpha value is -2.99. The number of pyridine rings is 1. The fraction of sp³-hybridized carbons (Fsp3) is 0.353. The molecular weight excluding hydrogens is 356 g/mol. The molecule has 0 saturated heterocycles. The Morgan fingerprint density at radius 2 is 2.23 bits per heavy atom. The van der Waals surface area contributed by atoms with Crippen molar-refractivity contribution in [3.05, 3.63) is 44.4 Å². The molecule has 2 heterocycles. The average Bonchev–Trinajstić information content (AvgIpc) is 2.79. The standard InChI is InChI=1S/C17H16N4O4S/c18-9-12-11-5-2-1-3-7-14(11)26-17(12)20-15(22)10-25-13-6-4-8-19-16(13)21(23)24/h4,6,8H,1-3,5,7,10H2,(H,20,22). The van der Waals surface area contributed by atoms with Crippen molar-refractivity contribution >= 4 is 28.1 Å². The van der Waals surface area contributed by atoms with E-state index in [0.29, 0.717) is 10.6 Å². The first-order valence-corrected chi connectivity index (χ1v) is 8.98. The summed E-state index contributed by atoms with van der Waals surface area (Å²) in [6, 6.07) is 5.06. The number of aryl methyl sites for hydroxylation is 1. The first-order valence-electron chi connectivity index (χ1n) is 8.17. The lowest BCUT2D eigenvalue weighted by Gasteiger charge is -2.06. The van der Waals surface area contributed by atoms with Gasteiger partial charge in [-0.25, -0.2) is 0 Å². The highest BCUT2D eigenvalue weighted by atomic mass is 32.1. The lowest BCUT2D eigenvalue weighted by atomic mass is 10.1. The predicted octanol–water partition coefficient (Wildman–Crippen LogP) is 3.21. The molecular formula is C17H16N4O4S. The Bertz CT molecular complexity index is 887. The number of aromatic nitrogens is 1. The number of nitrogens with zero attached hydrogens (tertiary/aromatic N) is 3. The summed E-state index contributed by atoms with van der Waals surface area (Å²) in [5, 5.41) is 23.6. The Kier molecular flexibility index (Phi) is 5.43. The zero-order chi connectivity index (χ0) is 18.5. The molecule has 2 aromatic rings. The summed E-state index contributed by atoms with van der Waals surface area (Å²) < 4.78 is 5.23. The van der Waals surface area contributed by atoms with Crippen molar-refractivity contribution < 1.29 is 14.5 Å². The smallest absolute Gasteiger partial charge is 0.406 e. The number of nitro groups is 1. The molecule has 0 fully saturated rings. The van der Waals surface area contributed by atoms with Crippen LogP contribution in [-0.4, -0.2) is 22.4 Å². The molecule has 0 aliphatic heterocycles. The van der Waals surface area contributed by atoms with Crippen LogP contribution in [-0.2, 0) is 17.6 Å². The van der Waals surface area contributed by atoms with Gasteiger partial charge in [-0.2, -0.15) is 5.26 Å². The van der Waals surface area contributed by atoms with Gasteiger partial charge in [-0.05, 0) is 53.3 Å². The van der Waals surface area contributed by atoms with Gasteiger partial charge in [0.1, 0.15) is 17.3 Å². The van der Waals surface area contributed by atoms with Crippen molar-refractivity contribution in [1.29, 1.82) is 5.26 Å². The van der Waals surface area contributed by atoms with E-state index in [4.69, 9.17) is 4.74 Å². The molecule has 0 unspecified atom stereocenters. The number of anilines is 1. The van der Waals surface area contributed by atoms with Crippen molar-refractivity contribution in [3.8, 4) is 11.8 Å². The van der Waals surface area contributed by atoms with Crippen molar-refractivity contribution in [2.45, 2.75) is 32.1 Å². The van der Waals surface area contributed by atoms with Crippen LogP contribution in [0.4, 0.5) is 10.8 Å². The highest BCUT2D eigenvalue weighted by Crippen LogP contribution is 2.37. The van der Waals surface area contributed by atoms with Crippen LogP contribution in [0.3, 0.4) is 0 Å². The number of thiophene rings is 1. The second kappa shape index (κ2) is 7.93. The quantitative estimate of drug-likeness (QED) is 0.489. The number of amides is 1. The number of carbonyl (C=O) groups excluding carboxylic acids is 1. The normalized spacial score (nSPS) is 13.2. The average molecular weight is 372 g/mol. The van der Waals surface area contributed by atoms with Crippen LogP contribution in [0.25, 0.3) is 0 Å². The van der Waals surface area contributed by atoms with Gasteiger partial charge >= 0.3 is 5.82 Å². The van der Waals surface area contributed by atoms with E-state index < -0.39 is 23.3 Å². The van der Waals surface area contributed by atoms with Gasteiger partial charge in [0, 0.05) is 4.88 Å². The number of hydrogen-bond donors (Lipinski definition) is 1. The number of rotatable bonds is 5. The molecule has 3 rings (SSSR count). The maximum Gasteiger partial charge on any atom is 0.406 e. The molecule has 26 heavy (non-hydrogen) atoms. The highest BCUT2D eigenvalue weighted by molar-refractivity contribution is 7.16. The third kappa shape index (κ3) is 3.81. The zero-order valence-electron chi connectivity index (χ0n) is 13.9. The first-order chi connectivity index (χ1) is 12.6. The van der Waals surface area contributed by atoms with Gasteiger partial charge in [0.15, 0.2) is 6.61 Å². The minimum atomic E-state index is -0.669. The maximum absolute atomic E-state index is 12.2. The maximum atomic E-state index is 12.2. The minimum Gasteiger partial charge on any atom is -0.476 e. The summed E-state index contributed by atoms with van der Waals surface area (Å²) >= 11 is 1.43. The summed E-state index contributed by atoms with van der Waals surface area (Å²) in [4.78, 5) is 27.2. The van der Waals surface area contributed by atoms with Crippen LogP contribution in [0.2, 0.25) is 0 Å². The van der Waals surface area contributed by atoms with E-state index in [1.807, 2.05) is 0 Å². The molecule has 8 nitrogen and oxygen atoms in total. The summed E-state index contributed by atoms with van der Waals surface area (Å²) in [7, 11) is 0. The van der Waals surface area contributed by atoms with E-state index >= 15 is 0 Å². The van der Waals surface area contributed by atoms with Crippen molar-refractivity contribution in [2.24, 2.45) is 0 Å². The number of carbonyl (C=O) groups is 1. The molecule has 1 amide bonds. The largest absolute Gasteiger partial charge is 0.476 e. The second-order valence-corrected chi connectivity index (χ2v) is 6.90. The SMILES string of the molecule is N#Cc1c(NC(=O)COc2cccnc2[N+](=O)[O-])sc2c1CCCCC2.